The van der Waals surface area contributed by atoms with E-state index in [2.05, 4.69) is 35.6 Å². The van der Waals surface area contributed by atoms with Crippen molar-refractivity contribution in [3.8, 4) is 0 Å². The molecule has 0 unspecified atom stereocenters. The quantitative estimate of drug-likeness (QED) is 0.756. The van der Waals surface area contributed by atoms with Crippen LogP contribution in [0.4, 0.5) is 0 Å². The van der Waals surface area contributed by atoms with Gasteiger partial charge in [0.15, 0.2) is 0 Å². The molecule has 0 bridgehead atoms. The van der Waals surface area contributed by atoms with Crippen molar-refractivity contribution in [2.24, 2.45) is 0 Å². The summed E-state index contributed by atoms with van der Waals surface area (Å²) in [5.41, 5.74) is 1.89. The Labute approximate surface area is 140 Å². The maximum atomic E-state index is 12.4. The summed E-state index contributed by atoms with van der Waals surface area (Å²) in [5, 5.41) is 3.18. The van der Waals surface area contributed by atoms with Gasteiger partial charge < -0.3 is 15.1 Å². The van der Waals surface area contributed by atoms with Gasteiger partial charge >= 0.3 is 0 Å². The molecule has 5 nitrogen and oxygen atoms in total. The molecule has 0 aliphatic rings. The Morgan fingerprint density at radius 1 is 1.43 bits per heavy atom. The molecule has 1 rings (SSSR count). The Balaban J connectivity index is 2.52. The molecule has 23 heavy (non-hydrogen) atoms. The molecular weight excluding hydrogens is 288 g/mol. The van der Waals surface area contributed by atoms with Crippen molar-refractivity contribution < 1.29 is 4.79 Å². The second-order valence-corrected chi connectivity index (χ2v) is 6.50. The first-order valence-electron chi connectivity index (χ1n) is 8.03. The number of hydrogen-bond donors (Lipinski definition) is 1. The molecule has 0 saturated carbocycles. The third-order valence-electron chi connectivity index (χ3n) is 4.18. The maximum absolute atomic E-state index is 12.4. The number of carbonyl (C=O) groups excluding carboxylic acids is 1. The van der Waals surface area contributed by atoms with Gasteiger partial charge in [-0.15, -0.1) is 0 Å². The summed E-state index contributed by atoms with van der Waals surface area (Å²) in [4.78, 5) is 20.7. The highest BCUT2D eigenvalue weighted by atomic mass is 16.2. The van der Waals surface area contributed by atoms with Crippen LogP contribution in [0.2, 0.25) is 0 Å². The summed E-state index contributed by atoms with van der Waals surface area (Å²) < 4.78 is 0. The van der Waals surface area contributed by atoms with Crippen LogP contribution in [-0.2, 0) is 11.3 Å². The second kappa shape index (κ2) is 8.79. The lowest BCUT2D eigenvalue weighted by atomic mass is 10.0. The van der Waals surface area contributed by atoms with E-state index >= 15 is 0 Å². The van der Waals surface area contributed by atoms with Gasteiger partial charge in [0.1, 0.15) is 0 Å². The van der Waals surface area contributed by atoms with Crippen molar-refractivity contribution in [2.45, 2.75) is 32.9 Å². The zero-order chi connectivity index (χ0) is 17.5. The minimum atomic E-state index is -0.0501. The van der Waals surface area contributed by atoms with E-state index in [0.29, 0.717) is 26.2 Å². The molecule has 1 heterocycles. The molecule has 5 heteroatoms. The average molecular weight is 318 g/mol. The molecule has 1 N–H and O–H groups in total. The van der Waals surface area contributed by atoms with Crippen LogP contribution in [0.5, 0.6) is 0 Å². The van der Waals surface area contributed by atoms with Crippen LogP contribution in [0.25, 0.3) is 6.08 Å². The summed E-state index contributed by atoms with van der Waals surface area (Å²) in [6.45, 7) is 12.4. The fraction of sp³-hybridized carbons (Fsp3) is 0.556. The lowest BCUT2D eigenvalue weighted by Crippen LogP contribution is -2.51. The highest BCUT2D eigenvalue weighted by Gasteiger charge is 2.25. The van der Waals surface area contributed by atoms with Gasteiger partial charge in [0.05, 0.1) is 12.2 Å². The number of amides is 1. The molecule has 0 radical (unpaired) electrons. The predicted octanol–water partition coefficient (Wildman–Crippen LogP) is 2.00. The second-order valence-electron chi connectivity index (χ2n) is 6.50. The van der Waals surface area contributed by atoms with E-state index in [0.717, 1.165) is 11.3 Å². The topological polar surface area (TPSA) is 48.5 Å². The Morgan fingerprint density at radius 2 is 2.13 bits per heavy atom. The highest BCUT2D eigenvalue weighted by molar-refractivity contribution is 5.78. The monoisotopic (exact) mass is 318 g/mol. The minimum absolute atomic E-state index is 0.0501. The van der Waals surface area contributed by atoms with Crippen molar-refractivity contribution in [2.75, 3.05) is 33.7 Å². The Bertz CT molecular complexity index is 526. The van der Waals surface area contributed by atoms with Crippen LogP contribution >= 0.6 is 0 Å². The van der Waals surface area contributed by atoms with E-state index in [1.54, 1.807) is 12.3 Å². The van der Waals surface area contributed by atoms with Crippen LogP contribution in [-0.4, -0.2) is 60.0 Å². The molecule has 0 fully saturated rings. The minimum Gasteiger partial charge on any atom is -0.340 e. The zero-order valence-corrected chi connectivity index (χ0v) is 15.1. The molecule has 0 aliphatic heterocycles. The number of carbonyl (C=O) groups is 1. The predicted molar refractivity (Wildman–Crippen MR) is 96.1 cm³/mol. The van der Waals surface area contributed by atoms with Crippen molar-refractivity contribution in [1.82, 2.24) is 20.1 Å². The number of likely N-dealkylation sites (N-methyl/N-ethyl adjacent to an activating group) is 2. The molecule has 128 valence electrons. The van der Waals surface area contributed by atoms with Crippen LogP contribution in [0.1, 0.15) is 32.0 Å². The number of hydrogen-bond acceptors (Lipinski definition) is 4. The SMILES string of the molecule is C=Cc1ccnc(CNCC(=O)N(CC)CC(C)(C)N(C)C)c1. The molecule has 0 aromatic carbocycles. The number of rotatable bonds is 9. The van der Waals surface area contributed by atoms with Crippen LogP contribution in [0, 0.1) is 0 Å². The van der Waals surface area contributed by atoms with Crippen molar-refractivity contribution in [3.05, 3.63) is 36.2 Å². The van der Waals surface area contributed by atoms with Gasteiger partial charge in [0.2, 0.25) is 5.91 Å². The third-order valence-corrected chi connectivity index (χ3v) is 4.18. The van der Waals surface area contributed by atoms with E-state index in [4.69, 9.17) is 0 Å². The van der Waals surface area contributed by atoms with E-state index in [1.807, 2.05) is 38.1 Å². The van der Waals surface area contributed by atoms with E-state index in [9.17, 15) is 4.79 Å². The van der Waals surface area contributed by atoms with E-state index in [1.165, 1.54) is 0 Å². The van der Waals surface area contributed by atoms with Crippen LogP contribution in [0.3, 0.4) is 0 Å². The average Bonchev–Trinajstić information content (AvgIpc) is 2.52. The van der Waals surface area contributed by atoms with Gasteiger partial charge in [0.25, 0.3) is 0 Å². The first kappa shape index (κ1) is 19.3. The number of nitrogens with one attached hydrogen (secondary N) is 1. The lowest BCUT2D eigenvalue weighted by molar-refractivity contribution is -0.131. The summed E-state index contributed by atoms with van der Waals surface area (Å²) in [6, 6.07) is 3.88. The fourth-order valence-corrected chi connectivity index (χ4v) is 2.11. The molecule has 1 amide bonds. The summed E-state index contributed by atoms with van der Waals surface area (Å²) >= 11 is 0. The van der Waals surface area contributed by atoms with Gasteiger partial charge in [-0.05, 0) is 52.6 Å². The zero-order valence-electron chi connectivity index (χ0n) is 15.1. The molecule has 1 aromatic rings. The Hall–Kier alpha value is -1.72. The largest absolute Gasteiger partial charge is 0.340 e. The van der Waals surface area contributed by atoms with Crippen molar-refractivity contribution >= 4 is 12.0 Å². The third kappa shape index (κ3) is 6.12. The van der Waals surface area contributed by atoms with E-state index < -0.39 is 0 Å². The maximum Gasteiger partial charge on any atom is 0.236 e. The molecular formula is C18H30N4O. The fourth-order valence-electron chi connectivity index (χ4n) is 2.11. The Kier molecular flexibility index (Phi) is 7.39. The molecule has 0 atom stereocenters. The normalized spacial score (nSPS) is 11.6. The van der Waals surface area contributed by atoms with Crippen molar-refractivity contribution in [3.63, 3.8) is 0 Å². The Morgan fingerprint density at radius 3 is 2.70 bits per heavy atom. The molecule has 0 aliphatic carbocycles. The van der Waals surface area contributed by atoms with Gasteiger partial charge in [-0.1, -0.05) is 12.7 Å². The first-order chi connectivity index (χ1) is 10.8. The van der Waals surface area contributed by atoms with Gasteiger partial charge in [-0.3, -0.25) is 9.78 Å². The van der Waals surface area contributed by atoms with Gasteiger partial charge in [0, 0.05) is 31.4 Å². The first-order valence-corrected chi connectivity index (χ1v) is 8.03. The number of nitrogens with zero attached hydrogens (tertiary/aromatic N) is 3. The molecule has 0 spiro atoms. The smallest absolute Gasteiger partial charge is 0.236 e. The summed E-state index contributed by atoms with van der Waals surface area (Å²) in [7, 11) is 4.07. The molecule has 1 aromatic heterocycles. The number of pyridine rings is 1. The molecule has 0 saturated heterocycles. The van der Waals surface area contributed by atoms with Crippen LogP contribution in [0.15, 0.2) is 24.9 Å². The number of aromatic nitrogens is 1. The van der Waals surface area contributed by atoms with E-state index in [-0.39, 0.29) is 11.4 Å². The summed E-state index contributed by atoms with van der Waals surface area (Å²) in [5.74, 6) is 0.113. The van der Waals surface area contributed by atoms with Crippen molar-refractivity contribution in [1.29, 1.82) is 0 Å². The standard InChI is InChI=1S/C18H30N4O/c1-7-15-9-10-20-16(11-15)12-19-13-17(23)22(8-2)14-18(3,4)21(5)6/h7,9-11,19H,1,8,12-14H2,2-6H3. The van der Waals surface area contributed by atoms with Gasteiger partial charge in [-0.2, -0.15) is 0 Å². The van der Waals surface area contributed by atoms with Crippen LogP contribution < -0.4 is 5.32 Å². The van der Waals surface area contributed by atoms with Gasteiger partial charge in [-0.25, -0.2) is 0 Å². The highest BCUT2D eigenvalue weighted by Crippen LogP contribution is 2.12. The lowest BCUT2D eigenvalue weighted by Gasteiger charge is -2.37. The summed E-state index contributed by atoms with van der Waals surface area (Å²) in [6.07, 6.45) is 3.55.